The topological polar surface area (TPSA) is 67.4 Å². The molecular weight excluding hydrogens is 276 g/mol. The van der Waals surface area contributed by atoms with Crippen molar-refractivity contribution < 1.29 is 13.2 Å². The fourth-order valence-electron chi connectivity index (χ4n) is 1.90. The quantitative estimate of drug-likeness (QED) is 0.681. The Hall–Kier alpha value is -1.11. The van der Waals surface area contributed by atoms with Crippen molar-refractivity contribution in [3.05, 3.63) is 29.8 Å². The molecule has 5 nitrogen and oxygen atoms in total. The summed E-state index contributed by atoms with van der Waals surface area (Å²) in [7, 11) is -3.09. The van der Waals surface area contributed by atoms with Gasteiger partial charge in [0.2, 0.25) is 10.0 Å². The van der Waals surface area contributed by atoms with Crippen LogP contribution in [0.15, 0.2) is 24.3 Å². The molecular formula is C14H24N2O3S. The zero-order chi connectivity index (χ0) is 15.0. The molecule has 1 aromatic carbocycles. The van der Waals surface area contributed by atoms with E-state index in [1.165, 1.54) is 6.26 Å². The fourth-order valence-corrected chi connectivity index (χ4v) is 2.41. The van der Waals surface area contributed by atoms with Gasteiger partial charge in [-0.1, -0.05) is 18.2 Å². The van der Waals surface area contributed by atoms with Crippen molar-refractivity contribution in [3.8, 4) is 5.75 Å². The summed E-state index contributed by atoms with van der Waals surface area (Å²) in [6.45, 7) is 5.87. The van der Waals surface area contributed by atoms with Crippen LogP contribution in [0.5, 0.6) is 5.75 Å². The molecule has 6 heteroatoms. The molecule has 0 saturated carbocycles. The third-order valence-electron chi connectivity index (χ3n) is 2.85. The van der Waals surface area contributed by atoms with E-state index >= 15 is 0 Å². The van der Waals surface area contributed by atoms with Crippen molar-refractivity contribution in [2.45, 2.75) is 26.3 Å². The van der Waals surface area contributed by atoms with Crippen LogP contribution in [-0.2, 0) is 10.0 Å². The Kier molecular flexibility index (Phi) is 6.98. The SMILES string of the molecule is CCOc1ccccc1C(C)NCCCNS(C)(=O)=O. The zero-order valence-corrected chi connectivity index (χ0v) is 13.2. The summed E-state index contributed by atoms with van der Waals surface area (Å²) in [4.78, 5) is 0. The Labute approximate surface area is 121 Å². The lowest BCUT2D eigenvalue weighted by molar-refractivity contribution is 0.332. The molecule has 114 valence electrons. The minimum atomic E-state index is -3.09. The van der Waals surface area contributed by atoms with Crippen LogP contribution in [0.1, 0.15) is 31.9 Å². The number of hydrogen-bond acceptors (Lipinski definition) is 4. The van der Waals surface area contributed by atoms with E-state index < -0.39 is 10.0 Å². The number of benzene rings is 1. The van der Waals surface area contributed by atoms with Crippen LogP contribution >= 0.6 is 0 Å². The minimum Gasteiger partial charge on any atom is -0.494 e. The summed E-state index contributed by atoms with van der Waals surface area (Å²) < 4.78 is 29.9. The van der Waals surface area contributed by atoms with Crippen molar-refractivity contribution in [1.29, 1.82) is 0 Å². The average Bonchev–Trinajstić information content (AvgIpc) is 2.38. The second-order valence-electron chi connectivity index (χ2n) is 4.67. The third kappa shape index (κ3) is 6.36. The lowest BCUT2D eigenvalue weighted by Gasteiger charge is -2.18. The van der Waals surface area contributed by atoms with Crippen LogP contribution in [-0.4, -0.2) is 34.4 Å². The maximum absolute atomic E-state index is 10.9. The summed E-state index contributed by atoms with van der Waals surface area (Å²) in [5, 5.41) is 3.37. The highest BCUT2D eigenvalue weighted by molar-refractivity contribution is 7.88. The van der Waals surface area contributed by atoms with Crippen molar-refractivity contribution in [3.63, 3.8) is 0 Å². The molecule has 0 heterocycles. The molecule has 0 spiro atoms. The first-order chi connectivity index (χ1) is 9.44. The highest BCUT2D eigenvalue weighted by Gasteiger charge is 2.10. The van der Waals surface area contributed by atoms with Crippen molar-refractivity contribution in [2.75, 3.05) is 26.0 Å². The van der Waals surface area contributed by atoms with Crippen molar-refractivity contribution in [1.82, 2.24) is 10.0 Å². The first kappa shape index (κ1) is 16.9. The Morgan fingerprint density at radius 2 is 1.95 bits per heavy atom. The lowest BCUT2D eigenvalue weighted by atomic mass is 10.1. The normalized spacial score (nSPS) is 13.2. The van der Waals surface area contributed by atoms with E-state index in [0.29, 0.717) is 13.2 Å². The van der Waals surface area contributed by atoms with Gasteiger partial charge in [-0.2, -0.15) is 0 Å². The number of rotatable bonds is 9. The van der Waals surface area contributed by atoms with Crippen LogP contribution in [0.3, 0.4) is 0 Å². The molecule has 0 aliphatic heterocycles. The van der Waals surface area contributed by atoms with E-state index in [2.05, 4.69) is 17.0 Å². The molecule has 20 heavy (non-hydrogen) atoms. The van der Waals surface area contributed by atoms with Gasteiger partial charge in [0.1, 0.15) is 5.75 Å². The van der Waals surface area contributed by atoms with Gasteiger partial charge in [0.25, 0.3) is 0 Å². The number of hydrogen-bond donors (Lipinski definition) is 2. The van der Waals surface area contributed by atoms with E-state index in [4.69, 9.17) is 4.74 Å². The summed E-state index contributed by atoms with van der Waals surface area (Å²) >= 11 is 0. The van der Waals surface area contributed by atoms with Crippen LogP contribution in [0, 0.1) is 0 Å². The maximum Gasteiger partial charge on any atom is 0.208 e. The smallest absolute Gasteiger partial charge is 0.208 e. The molecule has 0 aliphatic rings. The number of nitrogens with one attached hydrogen (secondary N) is 2. The highest BCUT2D eigenvalue weighted by Crippen LogP contribution is 2.24. The second kappa shape index (κ2) is 8.24. The lowest BCUT2D eigenvalue weighted by Crippen LogP contribution is -2.27. The van der Waals surface area contributed by atoms with Crippen LogP contribution in [0.25, 0.3) is 0 Å². The molecule has 0 aromatic heterocycles. The Balaban J connectivity index is 2.41. The van der Waals surface area contributed by atoms with Gasteiger partial charge in [0, 0.05) is 18.2 Å². The number of sulfonamides is 1. The molecule has 0 saturated heterocycles. The predicted molar refractivity (Wildman–Crippen MR) is 81.5 cm³/mol. The van der Waals surface area contributed by atoms with E-state index in [-0.39, 0.29) is 6.04 Å². The van der Waals surface area contributed by atoms with Crippen LogP contribution in [0.2, 0.25) is 0 Å². The molecule has 1 atom stereocenters. The minimum absolute atomic E-state index is 0.163. The van der Waals surface area contributed by atoms with Crippen molar-refractivity contribution >= 4 is 10.0 Å². The van der Waals surface area contributed by atoms with E-state index in [9.17, 15) is 8.42 Å². The highest BCUT2D eigenvalue weighted by atomic mass is 32.2. The summed E-state index contributed by atoms with van der Waals surface area (Å²) in [6.07, 6.45) is 1.91. The van der Waals surface area contributed by atoms with E-state index in [0.717, 1.165) is 24.3 Å². The summed E-state index contributed by atoms with van der Waals surface area (Å²) in [5.74, 6) is 0.893. The van der Waals surface area contributed by atoms with E-state index in [1.807, 2.05) is 31.2 Å². The molecule has 1 unspecified atom stereocenters. The van der Waals surface area contributed by atoms with Crippen molar-refractivity contribution in [2.24, 2.45) is 0 Å². The molecule has 0 fully saturated rings. The molecule has 1 aromatic rings. The number of para-hydroxylation sites is 1. The van der Waals surface area contributed by atoms with E-state index in [1.54, 1.807) is 0 Å². The molecule has 0 radical (unpaired) electrons. The summed E-state index contributed by atoms with van der Waals surface area (Å²) in [6, 6.07) is 8.11. The maximum atomic E-state index is 10.9. The second-order valence-corrected chi connectivity index (χ2v) is 6.50. The molecule has 0 bridgehead atoms. The first-order valence-electron chi connectivity index (χ1n) is 6.83. The largest absolute Gasteiger partial charge is 0.494 e. The number of ether oxygens (including phenoxy) is 1. The van der Waals surface area contributed by atoms with Gasteiger partial charge in [-0.3, -0.25) is 0 Å². The molecule has 0 aliphatic carbocycles. The monoisotopic (exact) mass is 300 g/mol. The Morgan fingerprint density at radius 1 is 1.25 bits per heavy atom. The summed E-state index contributed by atoms with van der Waals surface area (Å²) in [5.41, 5.74) is 1.12. The molecule has 2 N–H and O–H groups in total. The Bertz CT molecular complexity index is 503. The van der Waals surface area contributed by atoms with Crippen LogP contribution < -0.4 is 14.8 Å². The van der Waals surface area contributed by atoms with Gasteiger partial charge in [-0.05, 0) is 32.9 Å². The van der Waals surface area contributed by atoms with Gasteiger partial charge >= 0.3 is 0 Å². The molecule has 1 rings (SSSR count). The fraction of sp³-hybridized carbons (Fsp3) is 0.571. The van der Waals surface area contributed by atoms with Gasteiger partial charge in [0.15, 0.2) is 0 Å². The zero-order valence-electron chi connectivity index (χ0n) is 12.3. The van der Waals surface area contributed by atoms with Gasteiger partial charge in [-0.15, -0.1) is 0 Å². The standard InChI is InChI=1S/C14H24N2O3S/c1-4-19-14-9-6-5-8-13(14)12(2)15-10-7-11-16-20(3,17)18/h5-6,8-9,12,15-16H,4,7,10-11H2,1-3H3. The van der Waals surface area contributed by atoms with Gasteiger partial charge < -0.3 is 10.1 Å². The Morgan fingerprint density at radius 3 is 2.60 bits per heavy atom. The first-order valence-corrected chi connectivity index (χ1v) is 8.73. The molecule has 0 amide bonds. The van der Waals surface area contributed by atoms with Gasteiger partial charge in [-0.25, -0.2) is 13.1 Å². The average molecular weight is 300 g/mol. The van der Waals surface area contributed by atoms with Crippen LogP contribution in [0.4, 0.5) is 0 Å². The third-order valence-corrected chi connectivity index (χ3v) is 3.58. The predicted octanol–water partition coefficient (Wildman–Crippen LogP) is 1.68. The van der Waals surface area contributed by atoms with Gasteiger partial charge in [0.05, 0.1) is 12.9 Å².